The molecule has 0 bridgehead atoms. The molecule has 2 N–H and O–H groups in total. The number of fused-ring (bicyclic) bond motifs is 1. The monoisotopic (exact) mass is 346 g/mol. The number of urea groups is 1. The van der Waals surface area contributed by atoms with Crippen LogP contribution in [0.2, 0.25) is 0 Å². The second-order valence-electron chi connectivity index (χ2n) is 6.35. The summed E-state index contributed by atoms with van der Waals surface area (Å²) in [4.78, 5) is 39.5. The van der Waals surface area contributed by atoms with Crippen LogP contribution in [0.4, 0.5) is 16.2 Å². The van der Waals surface area contributed by atoms with Gasteiger partial charge in [-0.25, -0.2) is 9.59 Å². The molecule has 2 heterocycles. The zero-order chi connectivity index (χ0) is 18.3. The van der Waals surface area contributed by atoms with Crippen LogP contribution >= 0.6 is 0 Å². The Morgan fingerprint density at radius 1 is 1.16 bits per heavy atom. The SMILES string of the molecule is CN(C)c1cc2c(cc1NC(=O)N1CCNC(=O)C1)n(C)c(=O)n2C. The van der Waals surface area contributed by atoms with Gasteiger partial charge in [-0.15, -0.1) is 0 Å². The lowest BCUT2D eigenvalue weighted by atomic mass is 10.2. The molecule has 0 atom stereocenters. The molecule has 1 saturated heterocycles. The molecule has 1 aromatic carbocycles. The van der Waals surface area contributed by atoms with Crippen molar-refractivity contribution in [2.24, 2.45) is 14.1 Å². The smallest absolute Gasteiger partial charge is 0.328 e. The third-order valence-corrected chi connectivity index (χ3v) is 4.44. The molecule has 2 aromatic rings. The van der Waals surface area contributed by atoms with Crippen molar-refractivity contribution in [2.75, 3.05) is 43.9 Å². The molecule has 0 spiro atoms. The van der Waals surface area contributed by atoms with E-state index in [1.54, 1.807) is 29.3 Å². The number of piperazine rings is 1. The largest absolute Gasteiger partial charge is 0.376 e. The number of nitrogens with one attached hydrogen (secondary N) is 2. The van der Waals surface area contributed by atoms with Crippen molar-refractivity contribution >= 4 is 34.3 Å². The fourth-order valence-electron chi connectivity index (χ4n) is 3.01. The predicted octanol–water partition coefficient (Wildman–Crippen LogP) is -0.0933. The molecule has 9 nitrogen and oxygen atoms in total. The van der Waals surface area contributed by atoms with Gasteiger partial charge in [0.25, 0.3) is 0 Å². The molecule has 3 amide bonds. The zero-order valence-corrected chi connectivity index (χ0v) is 14.8. The summed E-state index contributed by atoms with van der Waals surface area (Å²) in [5.74, 6) is -0.171. The summed E-state index contributed by atoms with van der Waals surface area (Å²) in [5.41, 5.74) is 2.76. The van der Waals surface area contributed by atoms with Gasteiger partial charge in [0.1, 0.15) is 6.54 Å². The number of anilines is 2. The van der Waals surface area contributed by atoms with E-state index in [2.05, 4.69) is 10.6 Å². The molecular formula is C16H22N6O3. The fourth-order valence-corrected chi connectivity index (χ4v) is 3.01. The fraction of sp³-hybridized carbons (Fsp3) is 0.438. The Morgan fingerprint density at radius 3 is 2.40 bits per heavy atom. The Labute approximate surface area is 144 Å². The maximum absolute atomic E-state index is 12.5. The van der Waals surface area contributed by atoms with Gasteiger partial charge in [0, 0.05) is 41.3 Å². The summed E-state index contributed by atoms with van der Waals surface area (Å²) >= 11 is 0. The second kappa shape index (κ2) is 6.15. The quantitative estimate of drug-likeness (QED) is 0.795. The van der Waals surface area contributed by atoms with Gasteiger partial charge in [-0.2, -0.15) is 0 Å². The minimum atomic E-state index is -0.335. The van der Waals surface area contributed by atoms with Crippen LogP contribution in [0.25, 0.3) is 11.0 Å². The van der Waals surface area contributed by atoms with Crippen LogP contribution in [-0.4, -0.2) is 59.7 Å². The third-order valence-electron chi connectivity index (χ3n) is 4.44. The maximum atomic E-state index is 12.5. The molecule has 0 aliphatic carbocycles. The highest BCUT2D eigenvalue weighted by Crippen LogP contribution is 2.30. The number of amides is 3. The number of aryl methyl sites for hydroxylation is 2. The summed E-state index contributed by atoms with van der Waals surface area (Å²) in [6.07, 6.45) is 0. The van der Waals surface area contributed by atoms with E-state index in [1.165, 1.54) is 4.90 Å². The van der Waals surface area contributed by atoms with Gasteiger partial charge in [-0.05, 0) is 12.1 Å². The van der Waals surface area contributed by atoms with E-state index in [9.17, 15) is 14.4 Å². The molecule has 0 radical (unpaired) electrons. The highest BCUT2D eigenvalue weighted by Gasteiger charge is 2.23. The number of aromatic nitrogens is 2. The Kier molecular flexibility index (Phi) is 4.15. The Balaban J connectivity index is 2.01. The van der Waals surface area contributed by atoms with E-state index in [-0.39, 0.29) is 24.2 Å². The van der Waals surface area contributed by atoms with Crippen LogP contribution in [-0.2, 0) is 18.9 Å². The predicted molar refractivity (Wildman–Crippen MR) is 96.1 cm³/mol. The lowest BCUT2D eigenvalue weighted by molar-refractivity contribution is -0.123. The van der Waals surface area contributed by atoms with Crippen molar-refractivity contribution in [1.82, 2.24) is 19.4 Å². The minimum absolute atomic E-state index is 0.0369. The van der Waals surface area contributed by atoms with Gasteiger partial charge in [-0.3, -0.25) is 13.9 Å². The topological polar surface area (TPSA) is 91.6 Å². The van der Waals surface area contributed by atoms with E-state index < -0.39 is 0 Å². The van der Waals surface area contributed by atoms with Gasteiger partial charge >= 0.3 is 11.7 Å². The number of imidazole rings is 1. The second-order valence-corrected chi connectivity index (χ2v) is 6.35. The third kappa shape index (κ3) is 2.92. The van der Waals surface area contributed by atoms with Crippen LogP contribution in [0, 0.1) is 0 Å². The number of benzene rings is 1. The number of carbonyl (C=O) groups excluding carboxylic acids is 2. The molecule has 0 saturated carbocycles. The van der Waals surface area contributed by atoms with Crippen molar-refractivity contribution in [1.29, 1.82) is 0 Å². The van der Waals surface area contributed by atoms with Crippen molar-refractivity contribution in [2.45, 2.75) is 0 Å². The van der Waals surface area contributed by atoms with E-state index in [4.69, 9.17) is 0 Å². The molecule has 9 heteroatoms. The first-order valence-corrected chi connectivity index (χ1v) is 7.99. The van der Waals surface area contributed by atoms with E-state index >= 15 is 0 Å². The highest BCUT2D eigenvalue weighted by atomic mass is 16.2. The summed E-state index contributed by atoms with van der Waals surface area (Å²) in [6, 6.07) is 3.32. The molecule has 3 rings (SSSR count). The van der Waals surface area contributed by atoms with Crippen molar-refractivity contribution in [3.63, 3.8) is 0 Å². The number of rotatable bonds is 2. The summed E-state index contributed by atoms with van der Waals surface area (Å²) in [5, 5.41) is 5.56. The average Bonchev–Trinajstić information content (AvgIpc) is 2.78. The lowest BCUT2D eigenvalue weighted by Crippen LogP contribution is -2.51. The standard InChI is InChI=1S/C16H22N6O3/c1-19(2)11-8-13-12(20(3)16(25)21(13)4)7-10(11)18-15(24)22-6-5-17-14(23)9-22/h7-8H,5-6,9H2,1-4H3,(H,17,23)(H,18,24). The van der Waals surface area contributed by atoms with Crippen LogP contribution in [0.15, 0.2) is 16.9 Å². The number of hydrogen-bond acceptors (Lipinski definition) is 4. The van der Waals surface area contributed by atoms with Gasteiger partial charge in [0.15, 0.2) is 0 Å². The van der Waals surface area contributed by atoms with Crippen LogP contribution in [0.5, 0.6) is 0 Å². The van der Waals surface area contributed by atoms with Crippen LogP contribution in [0.3, 0.4) is 0 Å². The van der Waals surface area contributed by atoms with Crippen LogP contribution in [0.1, 0.15) is 0 Å². The molecule has 134 valence electrons. The summed E-state index contributed by atoms with van der Waals surface area (Å²) < 4.78 is 3.11. The molecule has 1 fully saturated rings. The summed E-state index contributed by atoms with van der Waals surface area (Å²) in [6.45, 7) is 0.940. The van der Waals surface area contributed by atoms with E-state index in [0.29, 0.717) is 18.8 Å². The van der Waals surface area contributed by atoms with Crippen molar-refractivity contribution in [3.8, 4) is 0 Å². The van der Waals surface area contributed by atoms with Crippen molar-refractivity contribution in [3.05, 3.63) is 22.6 Å². The lowest BCUT2D eigenvalue weighted by Gasteiger charge is -2.27. The van der Waals surface area contributed by atoms with Crippen LogP contribution < -0.4 is 21.2 Å². The summed E-state index contributed by atoms with van der Waals surface area (Å²) in [7, 11) is 7.15. The van der Waals surface area contributed by atoms with Gasteiger partial charge < -0.3 is 20.4 Å². The molecule has 25 heavy (non-hydrogen) atoms. The molecule has 1 aliphatic rings. The van der Waals surface area contributed by atoms with E-state index in [0.717, 1.165) is 16.7 Å². The highest BCUT2D eigenvalue weighted by molar-refractivity contribution is 5.99. The molecular weight excluding hydrogens is 324 g/mol. The number of carbonyl (C=O) groups is 2. The molecule has 1 aromatic heterocycles. The Hall–Kier alpha value is -2.97. The first-order chi connectivity index (χ1) is 11.8. The van der Waals surface area contributed by atoms with Crippen molar-refractivity contribution < 1.29 is 9.59 Å². The maximum Gasteiger partial charge on any atom is 0.328 e. The number of hydrogen-bond donors (Lipinski definition) is 2. The number of nitrogens with zero attached hydrogens (tertiary/aromatic N) is 4. The van der Waals surface area contributed by atoms with E-state index in [1.807, 2.05) is 25.1 Å². The molecule has 1 aliphatic heterocycles. The van der Waals surface area contributed by atoms with Gasteiger partial charge in [-0.1, -0.05) is 0 Å². The molecule has 0 unspecified atom stereocenters. The first-order valence-electron chi connectivity index (χ1n) is 7.99. The Morgan fingerprint density at radius 2 is 1.80 bits per heavy atom. The minimum Gasteiger partial charge on any atom is -0.376 e. The Bertz CT molecular complexity index is 911. The van der Waals surface area contributed by atoms with Gasteiger partial charge in [0.2, 0.25) is 5.91 Å². The van der Waals surface area contributed by atoms with Gasteiger partial charge in [0.05, 0.1) is 22.4 Å². The first kappa shape index (κ1) is 16.9. The normalized spacial score (nSPS) is 14.6. The average molecular weight is 346 g/mol. The zero-order valence-electron chi connectivity index (χ0n) is 14.8.